The lowest BCUT2D eigenvalue weighted by atomic mass is 9.94. The van der Waals surface area contributed by atoms with E-state index < -0.39 is 0 Å². The first kappa shape index (κ1) is 19.7. The molecule has 1 aliphatic heterocycles. The molecule has 150 valence electrons. The lowest BCUT2D eigenvalue weighted by Crippen LogP contribution is -2.42. The minimum absolute atomic E-state index is 0.0627. The molecule has 0 unspecified atom stereocenters. The van der Waals surface area contributed by atoms with E-state index in [4.69, 9.17) is 16.3 Å². The molecule has 1 amide bonds. The van der Waals surface area contributed by atoms with Crippen LogP contribution < -0.4 is 0 Å². The van der Waals surface area contributed by atoms with Gasteiger partial charge in [0.25, 0.3) is 0 Å². The Balaban J connectivity index is 1.47. The zero-order valence-electron chi connectivity index (χ0n) is 16.3. The molecular weight excluding hydrogens is 384 g/mol. The number of rotatable bonds is 6. The number of hydrogen-bond donors (Lipinski definition) is 0. The van der Waals surface area contributed by atoms with Gasteiger partial charge in [-0.05, 0) is 35.4 Å². The Morgan fingerprint density at radius 1 is 1.03 bits per heavy atom. The summed E-state index contributed by atoms with van der Waals surface area (Å²) in [7, 11) is 0. The van der Waals surface area contributed by atoms with Gasteiger partial charge in [-0.25, -0.2) is 0 Å². The first-order valence-electron chi connectivity index (χ1n) is 9.99. The molecule has 0 aliphatic carbocycles. The molecule has 1 aromatic heterocycles. The van der Waals surface area contributed by atoms with Gasteiger partial charge in [-0.15, -0.1) is 0 Å². The van der Waals surface area contributed by atoms with E-state index in [1.807, 2.05) is 71.9 Å². The van der Waals surface area contributed by atoms with Crippen molar-refractivity contribution in [2.24, 2.45) is 0 Å². The Bertz CT molecular complexity index is 910. The van der Waals surface area contributed by atoms with E-state index in [9.17, 15) is 4.79 Å². The highest BCUT2D eigenvalue weighted by molar-refractivity contribution is 6.30. The lowest BCUT2D eigenvalue weighted by molar-refractivity contribution is -0.139. The molecule has 5 heteroatoms. The van der Waals surface area contributed by atoms with Gasteiger partial charge in [0.05, 0.1) is 13.2 Å². The van der Waals surface area contributed by atoms with Gasteiger partial charge >= 0.3 is 0 Å². The molecular formula is C24H25ClN2O2. The number of halogens is 1. The van der Waals surface area contributed by atoms with E-state index in [2.05, 4.69) is 16.7 Å². The molecule has 3 aromatic rings. The molecule has 0 bridgehead atoms. The fourth-order valence-corrected chi connectivity index (χ4v) is 3.98. The summed E-state index contributed by atoms with van der Waals surface area (Å²) < 4.78 is 8.04. The summed E-state index contributed by atoms with van der Waals surface area (Å²) in [4.78, 5) is 15.1. The second-order valence-corrected chi connectivity index (χ2v) is 7.88. The summed E-state index contributed by atoms with van der Waals surface area (Å²) >= 11 is 6.07. The van der Waals surface area contributed by atoms with Crippen molar-refractivity contribution in [1.82, 2.24) is 9.47 Å². The van der Waals surface area contributed by atoms with E-state index in [-0.39, 0.29) is 17.9 Å². The summed E-state index contributed by atoms with van der Waals surface area (Å²) in [5.41, 5.74) is 2.25. The van der Waals surface area contributed by atoms with Crippen LogP contribution in [-0.4, -0.2) is 35.1 Å². The lowest BCUT2D eigenvalue weighted by Gasteiger charge is -2.34. The highest BCUT2D eigenvalue weighted by Gasteiger charge is 2.27. The second kappa shape index (κ2) is 9.29. The Morgan fingerprint density at radius 2 is 1.76 bits per heavy atom. The van der Waals surface area contributed by atoms with Crippen molar-refractivity contribution >= 4 is 17.5 Å². The fraction of sp³-hybridized carbons (Fsp3) is 0.292. The largest absolute Gasteiger partial charge is 0.370 e. The molecule has 0 N–H and O–H groups in total. The molecule has 0 spiro atoms. The summed E-state index contributed by atoms with van der Waals surface area (Å²) in [5, 5.41) is 0.707. The van der Waals surface area contributed by atoms with Gasteiger partial charge in [0, 0.05) is 42.8 Å². The highest BCUT2D eigenvalue weighted by atomic mass is 35.5. The third-order valence-electron chi connectivity index (χ3n) is 5.45. The number of morpholine rings is 1. The maximum absolute atomic E-state index is 13.2. The normalized spacial score (nSPS) is 17.8. The Morgan fingerprint density at radius 3 is 2.48 bits per heavy atom. The topological polar surface area (TPSA) is 34.5 Å². The average Bonchev–Trinajstić information content (AvgIpc) is 3.28. The van der Waals surface area contributed by atoms with Gasteiger partial charge in [0.1, 0.15) is 6.10 Å². The minimum atomic E-state index is -0.0627. The molecule has 29 heavy (non-hydrogen) atoms. The molecule has 0 radical (unpaired) electrons. The summed E-state index contributed by atoms with van der Waals surface area (Å²) in [6.07, 6.45) is 4.47. The maximum Gasteiger partial charge on any atom is 0.223 e. The Labute approximate surface area is 176 Å². The molecule has 1 saturated heterocycles. The first-order chi connectivity index (χ1) is 14.2. The number of carbonyl (C=O) groups excluding carboxylic acids is 1. The molecule has 1 fully saturated rings. The highest BCUT2D eigenvalue weighted by Crippen LogP contribution is 2.27. The average molecular weight is 409 g/mol. The van der Waals surface area contributed by atoms with Gasteiger partial charge in [0.2, 0.25) is 5.91 Å². The van der Waals surface area contributed by atoms with Crippen molar-refractivity contribution in [3.05, 3.63) is 95.3 Å². The Hall–Kier alpha value is -2.56. The fourth-order valence-electron chi connectivity index (χ4n) is 3.85. The van der Waals surface area contributed by atoms with Gasteiger partial charge in [0.15, 0.2) is 0 Å². The second-order valence-electron chi connectivity index (χ2n) is 7.44. The third-order valence-corrected chi connectivity index (χ3v) is 5.70. The van der Waals surface area contributed by atoms with E-state index in [0.717, 1.165) is 17.7 Å². The number of carbonyl (C=O) groups is 1. The van der Waals surface area contributed by atoms with Gasteiger partial charge < -0.3 is 14.2 Å². The van der Waals surface area contributed by atoms with Crippen LogP contribution in [0.1, 0.15) is 29.6 Å². The zero-order valence-corrected chi connectivity index (χ0v) is 17.0. The standard InChI is InChI=1S/C24H25ClN2O2/c25-22-10-8-19(9-11-22)21(17-26-12-4-5-13-26)16-24(28)27-14-15-29-23(18-27)20-6-2-1-3-7-20/h1-13,21,23H,14-18H2/t21-,23-/m0/s1. The van der Waals surface area contributed by atoms with Crippen LogP contribution >= 0.6 is 11.6 Å². The van der Waals surface area contributed by atoms with Gasteiger partial charge in [-0.3, -0.25) is 4.79 Å². The number of amides is 1. The van der Waals surface area contributed by atoms with Crippen LogP contribution in [-0.2, 0) is 16.1 Å². The van der Waals surface area contributed by atoms with Gasteiger partial charge in [-0.1, -0.05) is 54.1 Å². The SMILES string of the molecule is O=C(C[C@@H](Cn1cccc1)c1ccc(Cl)cc1)N1CCO[C@H](c2ccccc2)C1. The smallest absolute Gasteiger partial charge is 0.223 e. The summed E-state index contributed by atoms with van der Waals surface area (Å²) in [6, 6.07) is 22.0. The van der Waals surface area contributed by atoms with Crippen LogP contribution in [0.3, 0.4) is 0 Å². The van der Waals surface area contributed by atoms with Crippen LogP contribution in [0.25, 0.3) is 0 Å². The van der Waals surface area contributed by atoms with E-state index in [0.29, 0.717) is 31.1 Å². The molecule has 2 heterocycles. The first-order valence-corrected chi connectivity index (χ1v) is 10.4. The van der Waals surface area contributed by atoms with Gasteiger partial charge in [-0.2, -0.15) is 0 Å². The monoisotopic (exact) mass is 408 g/mol. The van der Waals surface area contributed by atoms with Crippen molar-refractivity contribution in [1.29, 1.82) is 0 Å². The predicted octanol–water partition coefficient (Wildman–Crippen LogP) is 4.92. The summed E-state index contributed by atoms with van der Waals surface area (Å²) in [6.45, 7) is 2.56. The zero-order chi connectivity index (χ0) is 20.1. The van der Waals surface area contributed by atoms with Crippen LogP contribution in [0.5, 0.6) is 0 Å². The van der Waals surface area contributed by atoms with Crippen molar-refractivity contribution < 1.29 is 9.53 Å². The number of hydrogen-bond acceptors (Lipinski definition) is 2. The van der Waals surface area contributed by atoms with E-state index in [1.165, 1.54) is 0 Å². The number of benzene rings is 2. The molecule has 0 saturated carbocycles. The number of nitrogens with zero attached hydrogens (tertiary/aromatic N) is 2. The quantitative estimate of drug-likeness (QED) is 0.580. The minimum Gasteiger partial charge on any atom is -0.370 e. The molecule has 4 nitrogen and oxygen atoms in total. The van der Waals surface area contributed by atoms with E-state index >= 15 is 0 Å². The summed E-state index contributed by atoms with van der Waals surface area (Å²) in [5.74, 6) is 0.256. The molecule has 1 aliphatic rings. The van der Waals surface area contributed by atoms with Crippen molar-refractivity contribution in [3.8, 4) is 0 Å². The van der Waals surface area contributed by atoms with E-state index in [1.54, 1.807) is 0 Å². The van der Waals surface area contributed by atoms with Crippen LogP contribution in [0.2, 0.25) is 5.02 Å². The van der Waals surface area contributed by atoms with Crippen molar-refractivity contribution in [2.75, 3.05) is 19.7 Å². The predicted molar refractivity (Wildman–Crippen MR) is 115 cm³/mol. The van der Waals surface area contributed by atoms with Crippen LogP contribution in [0.15, 0.2) is 79.1 Å². The molecule has 4 rings (SSSR count). The molecule has 2 atom stereocenters. The maximum atomic E-state index is 13.2. The van der Waals surface area contributed by atoms with Crippen LogP contribution in [0, 0.1) is 0 Å². The van der Waals surface area contributed by atoms with Crippen LogP contribution in [0.4, 0.5) is 0 Å². The third kappa shape index (κ3) is 5.08. The molecule has 2 aromatic carbocycles. The number of aromatic nitrogens is 1. The number of ether oxygens (including phenoxy) is 1. The van der Waals surface area contributed by atoms with Crippen molar-refractivity contribution in [3.63, 3.8) is 0 Å². The Kier molecular flexibility index (Phi) is 6.33. The van der Waals surface area contributed by atoms with Crippen molar-refractivity contribution in [2.45, 2.75) is 25.0 Å².